The first kappa shape index (κ1) is 4.57. The quantitative estimate of drug-likeness (QED) is 0.467. The number of allylic oxidation sites excluding steroid dienone is 1. The van der Waals surface area contributed by atoms with Gasteiger partial charge in [-0.2, -0.15) is 0 Å². The van der Waals surface area contributed by atoms with Crippen LogP contribution in [0.15, 0.2) is 16.6 Å². The van der Waals surface area contributed by atoms with Gasteiger partial charge < -0.3 is 0 Å². The zero-order valence-corrected chi connectivity index (χ0v) is 4.52. The maximum Gasteiger partial charge on any atom is 0.0603 e. The third-order valence-electron chi connectivity index (χ3n) is 1.16. The first-order valence-corrected chi connectivity index (χ1v) is 2.61. The Kier molecular flexibility index (Phi) is 1.25. The Morgan fingerprint density at radius 2 is 2.71 bits per heavy atom. The number of rotatable bonds is 1. The summed E-state index contributed by atoms with van der Waals surface area (Å²) in [5, 5.41) is 0. The highest BCUT2D eigenvalue weighted by Gasteiger charge is 1.92. The summed E-state index contributed by atoms with van der Waals surface area (Å²) in [7, 11) is 0. The molecule has 0 saturated heterocycles. The molecule has 0 spiro atoms. The average molecular weight is 95.1 g/mol. The maximum absolute atomic E-state index is 4.02. The van der Waals surface area contributed by atoms with E-state index in [9.17, 15) is 0 Å². The van der Waals surface area contributed by atoms with Crippen LogP contribution in [0.4, 0.5) is 0 Å². The van der Waals surface area contributed by atoms with Crippen molar-refractivity contribution < 1.29 is 0 Å². The molecule has 1 heterocycles. The molecule has 38 valence electrons. The number of hydrogen-bond donors (Lipinski definition) is 0. The van der Waals surface area contributed by atoms with Gasteiger partial charge in [-0.05, 0) is 18.1 Å². The summed E-state index contributed by atoms with van der Waals surface area (Å²) in [5.74, 6) is 0. The van der Waals surface area contributed by atoms with Crippen molar-refractivity contribution in [2.75, 3.05) is 6.54 Å². The van der Waals surface area contributed by atoms with E-state index in [2.05, 4.69) is 18.0 Å². The second-order valence-electron chi connectivity index (χ2n) is 1.67. The molecule has 0 aliphatic carbocycles. The minimum absolute atomic E-state index is 0.941. The highest BCUT2D eigenvalue weighted by atomic mass is 14.7. The third kappa shape index (κ3) is 0.889. The molecule has 0 aromatic carbocycles. The van der Waals surface area contributed by atoms with Crippen molar-refractivity contribution in [3.8, 4) is 0 Å². The lowest BCUT2D eigenvalue weighted by Crippen LogP contribution is -1.77. The van der Waals surface area contributed by atoms with Gasteiger partial charge in [-0.3, -0.25) is 4.99 Å². The van der Waals surface area contributed by atoms with Crippen LogP contribution in [0.2, 0.25) is 0 Å². The van der Waals surface area contributed by atoms with Gasteiger partial charge in [0, 0.05) is 6.21 Å². The summed E-state index contributed by atoms with van der Waals surface area (Å²) in [4.78, 5) is 4.02. The molecule has 7 heavy (non-hydrogen) atoms. The van der Waals surface area contributed by atoms with E-state index >= 15 is 0 Å². The standard InChI is InChI=1S/C6H9N/c1-2-6-3-4-7-5-6/h3-4H,2,5H2,1H3. The Hall–Kier alpha value is -0.590. The van der Waals surface area contributed by atoms with E-state index in [0.29, 0.717) is 0 Å². The van der Waals surface area contributed by atoms with Gasteiger partial charge in [0.05, 0.1) is 6.54 Å². The van der Waals surface area contributed by atoms with Gasteiger partial charge in [-0.1, -0.05) is 6.92 Å². The molecule has 0 fully saturated rings. The zero-order chi connectivity index (χ0) is 5.11. The van der Waals surface area contributed by atoms with Gasteiger partial charge in [-0.15, -0.1) is 0 Å². The minimum Gasteiger partial charge on any atom is -0.289 e. The smallest absolute Gasteiger partial charge is 0.0603 e. The second kappa shape index (κ2) is 1.92. The van der Waals surface area contributed by atoms with Crippen molar-refractivity contribution in [3.05, 3.63) is 11.6 Å². The van der Waals surface area contributed by atoms with E-state index in [0.717, 1.165) is 13.0 Å². The molecule has 1 aliphatic rings. The molecular formula is C6H9N. The fourth-order valence-corrected chi connectivity index (χ4v) is 0.610. The molecule has 0 aromatic heterocycles. The molecule has 0 unspecified atom stereocenters. The highest BCUT2D eigenvalue weighted by molar-refractivity contribution is 5.75. The molecular weight excluding hydrogens is 86.1 g/mol. The summed E-state index contributed by atoms with van der Waals surface area (Å²) in [6.07, 6.45) is 5.11. The van der Waals surface area contributed by atoms with Crippen LogP contribution in [0, 0.1) is 0 Å². The SMILES string of the molecule is CCC1=CC=NC1. The minimum atomic E-state index is 0.941. The number of hydrogen-bond acceptors (Lipinski definition) is 1. The van der Waals surface area contributed by atoms with Gasteiger partial charge in [-0.25, -0.2) is 0 Å². The normalized spacial score (nSPS) is 17.6. The van der Waals surface area contributed by atoms with Crippen molar-refractivity contribution in [2.45, 2.75) is 13.3 Å². The Morgan fingerprint density at radius 1 is 1.86 bits per heavy atom. The second-order valence-corrected chi connectivity index (χ2v) is 1.67. The van der Waals surface area contributed by atoms with Crippen LogP contribution in [0.3, 0.4) is 0 Å². The summed E-state index contributed by atoms with van der Waals surface area (Å²) in [6.45, 7) is 3.09. The van der Waals surface area contributed by atoms with Crippen LogP contribution in [0.25, 0.3) is 0 Å². The molecule has 1 nitrogen and oxygen atoms in total. The van der Waals surface area contributed by atoms with E-state index in [1.165, 1.54) is 5.57 Å². The molecule has 0 atom stereocenters. The largest absolute Gasteiger partial charge is 0.289 e. The van der Waals surface area contributed by atoms with Crippen molar-refractivity contribution in [1.29, 1.82) is 0 Å². The first-order valence-electron chi connectivity index (χ1n) is 2.61. The average Bonchev–Trinajstić information content (AvgIpc) is 2.14. The molecule has 1 aliphatic heterocycles. The fraction of sp³-hybridized carbons (Fsp3) is 0.500. The van der Waals surface area contributed by atoms with Gasteiger partial charge in [0.2, 0.25) is 0 Å². The molecule has 0 amide bonds. The lowest BCUT2D eigenvalue weighted by atomic mass is 10.2. The summed E-state index contributed by atoms with van der Waals surface area (Å²) >= 11 is 0. The van der Waals surface area contributed by atoms with Gasteiger partial charge in [0.25, 0.3) is 0 Å². The highest BCUT2D eigenvalue weighted by Crippen LogP contribution is 2.03. The number of aliphatic imine (C=N–C) groups is 1. The van der Waals surface area contributed by atoms with Gasteiger partial charge in [0.15, 0.2) is 0 Å². The van der Waals surface area contributed by atoms with E-state index in [4.69, 9.17) is 0 Å². The van der Waals surface area contributed by atoms with Crippen LogP contribution < -0.4 is 0 Å². The monoisotopic (exact) mass is 95.1 g/mol. The first-order chi connectivity index (χ1) is 3.43. The van der Waals surface area contributed by atoms with Crippen LogP contribution in [0.1, 0.15) is 13.3 Å². The predicted octanol–water partition coefficient (Wildman–Crippen LogP) is 1.41. The van der Waals surface area contributed by atoms with Gasteiger partial charge >= 0.3 is 0 Å². The van der Waals surface area contributed by atoms with Crippen LogP contribution in [-0.4, -0.2) is 12.8 Å². The molecule has 0 radical (unpaired) electrons. The molecule has 0 N–H and O–H groups in total. The fourth-order valence-electron chi connectivity index (χ4n) is 0.610. The van der Waals surface area contributed by atoms with E-state index in [-0.39, 0.29) is 0 Å². The molecule has 0 saturated carbocycles. The van der Waals surface area contributed by atoms with Crippen molar-refractivity contribution in [1.82, 2.24) is 0 Å². The Labute approximate surface area is 43.8 Å². The van der Waals surface area contributed by atoms with Crippen molar-refractivity contribution in [2.24, 2.45) is 4.99 Å². The van der Waals surface area contributed by atoms with Crippen LogP contribution in [0.5, 0.6) is 0 Å². The predicted molar refractivity (Wildman–Crippen MR) is 31.7 cm³/mol. The number of nitrogens with zero attached hydrogens (tertiary/aromatic N) is 1. The molecule has 1 rings (SSSR count). The lowest BCUT2D eigenvalue weighted by molar-refractivity contribution is 1.03. The third-order valence-corrected chi connectivity index (χ3v) is 1.16. The van der Waals surface area contributed by atoms with E-state index < -0.39 is 0 Å². The Bertz CT molecular complexity index is 111. The summed E-state index contributed by atoms with van der Waals surface area (Å²) in [5.41, 5.74) is 1.44. The van der Waals surface area contributed by atoms with E-state index in [1.807, 2.05) is 6.21 Å². The van der Waals surface area contributed by atoms with Gasteiger partial charge in [0.1, 0.15) is 0 Å². The topological polar surface area (TPSA) is 12.4 Å². The molecule has 1 heteroatoms. The Balaban J connectivity index is 2.45. The summed E-state index contributed by atoms with van der Waals surface area (Å²) < 4.78 is 0. The summed E-state index contributed by atoms with van der Waals surface area (Å²) in [6, 6.07) is 0. The van der Waals surface area contributed by atoms with E-state index in [1.54, 1.807) is 0 Å². The Morgan fingerprint density at radius 3 is 3.00 bits per heavy atom. The maximum atomic E-state index is 4.02. The lowest BCUT2D eigenvalue weighted by Gasteiger charge is -1.87. The molecule has 0 aromatic rings. The molecule has 0 bridgehead atoms. The zero-order valence-electron chi connectivity index (χ0n) is 4.52. The van der Waals surface area contributed by atoms with Crippen molar-refractivity contribution >= 4 is 6.21 Å². The van der Waals surface area contributed by atoms with Crippen LogP contribution in [-0.2, 0) is 0 Å². The van der Waals surface area contributed by atoms with Crippen LogP contribution >= 0.6 is 0 Å². The van der Waals surface area contributed by atoms with Crippen molar-refractivity contribution in [3.63, 3.8) is 0 Å².